The highest BCUT2D eigenvalue weighted by Crippen LogP contribution is 2.35. The zero-order chi connectivity index (χ0) is 16.1. The summed E-state index contributed by atoms with van der Waals surface area (Å²) in [5, 5.41) is 3.59. The van der Waals surface area contributed by atoms with Crippen molar-refractivity contribution in [3.05, 3.63) is 47.5 Å². The second-order valence-electron chi connectivity index (χ2n) is 5.70. The van der Waals surface area contributed by atoms with Crippen LogP contribution >= 0.6 is 0 Å². The molecule has 0 saturated heterocycles. The fourth-order valence-electron chi connectivity index (χ4n) is 3.28. The van der Waals surface area contributed by atoms with Crippen molar-refractivity contribution in [3.8, 4) is 11.1 Å². The molecule has 0 bridgehead atoms. The number of carbonyl (C=O) groups excluding carboxylic acids is 1. The molecular weight excluding hydrogens is 295 g/mol. The Bertz CT molecular complexity index is 944. The molecule has 3 N–H and O–H groups in total. The van der Waals surface area contributed by atoms with Crippen molar-refractivity contribution in [2.24, 2.45) is 0 Å². The van der Waals surface area contributed by atoms with E-state index in [1.54, 1.807) is 12.3 Å². The highest BCUT2D eigenvalue weighted by atomic mass is 19.1. The maximum atomic E-state index is 14.1. The first kappa shape index (κ1) is 13.8. The van der Waals surface area contributed by atoms with Crippen LogP contribution in [0, 0.1) is 12.7 Å². The van der Waals surface area contributed by atoms with Gasteiger partial charge in [-0.05, 0) is 36.8 Å². The highest BCUT2D eigenvalue weighted by Gasteiger charge is 2.25. The Morgan fingerprint density at radius 2 is 2.17 bits per heavy atom. The van der Waals surface area contributed by atoms with Gasteiger partial charge in [0.1, 0.15) is 17.3 Å². The van der Waals surface area contributed by atoms with E-state index in [2.05, 4.69) is 10.3 Å². The van der Waals surface area contributed by atoms with Crippen molar-refractivity contribution in [1.29, 1.82) is 0 Å². The summed E-state index contributed by atoms with van der Waals surface area (Å²) >= 11 is 0. The first-order chi connectivity index (χ1) is 11.1. The number of nitrogens with two attached hydrogens (primary N) is 1. The Labute approximate surface area is 131 Å². The average molecular weight is 310 g/mol. The topological polar surface area (TPSA) is 72.9 Å². The summed E-state index contributed by atoms with van der Waals surface area (Å²) in [6, 6.07) is 6.46. The van der Waals surface area contributed by atoms with Gasteiger partial charge in [-0.2, -0.15) is 0 Å². The highest BCUT2D eigenvalue weighted by molar-refractivity contribution is 6.06. The molecule has 0 spiro atoms. The zero-order valence-corrected chi connectivity index (χ0v) is 12.6. The molecule has 2 aromatic heterocycles. The fraction of sp³-hybridized carbons (Fsp3) is 0.176. The van der Waals surface area contributed by atoms with Crippen LogP contribution in [0.25, 0.3) is 22.0 Å². The Kier molecular flexibility index (Phi) is 2.87. The minimum absolute atomic E-state index is 0.119. The smallest absolute Gasteiger partial charge is 0.268 e. The van der Waals surface area contributed by atoms with Gasteiger partial charge in [0.2, 0.25) is 0 Å². The van der Waals surface area contributed by atoms with Crippen molar-refractivity contribution in [1.82, 2.24) is 14.9 Å². The molecule has 4 rings (SSSR count). The van der Waals surface area contributed by atoms with Crippen molar-refractivity contribution in [3.63, 3.8) is 0 Å². The summed E-state index contributed by atoms with van der Waals surface area (Å²) in [4.78, 5) is 16.3. The molecule has 0 radical (unpaired) electrons. The number of hydrogen-bond donors (Lipinski definition) is 2. The third-order valence-corrected chi connectivity index (χ3v) is 4.31. The van der Waals surface area contributed by atoms with Crippen molar-refractivity contribution >= 4 is 22.6 Å². The Morgan fingerprint density at radius 1 is 1.35 bits per heavy atom. The molecule has 0 aliphatic carbocycles. The molecule has 0 atom stereocenters. The molecule has 0 unspecified atom stereocenters. The lowest BCUT2D eigenvalue weighted by molar-refractivity contribution is 0.0928. The number of aromatic nitrogens is 2. The molecule has 1 amide bonds. The predicted molar refractivity (Wildman–Crippen MR) is 86.6 cm³/mol. The molecule has 1 aromatic carbocycles. The molecule has 0 saturated carbocycles. The molecule has 116 valence electrons. The van der Waals surface area contributed by atoms with E-state index >= 15 is 0 Å². The third-order valence-electron chi connectivity index (χ3n) is 4.31. The van der Waals surface area contributed by atoms with Gasteiger partial charge in [-0.3, -0.25) is 4.79 Å². The molecule has 1 aliphatic heterocycles. The summed E-state index contributed by atoms with van der Waals surface area (Å²) in [6.07, 6.45) is 1.63. The lowest BCUT2D eigenvalue weighted by Crippen LogP contribution is -2.35. The molecule has 3 aromatic rings. The van der Waals surface area contributed by atoms with Gasteiger partial charge in [0.15, 0.2) is 0 Å². The SMILES string of the molecule is Cc1c2n(c3c(-c4ccc(N)nc4)cc(F)cc13)CCNC2=O. The van der Waals surface area contributed by atoms with E-state index in [0.29, 0.717) is 24.6 Å². The maximum Gasteiger partial charge on any atom is 0.268 e. The second kappa shape index (κ2) is 4.81. The van der Waals surface area contributed by atoms with Crippen LogP contribution in [0.1, 0.15) is 16.1 Å². The third kappa shape index (κ3) is 1.98. The van der Waals surface area contributed by atoms with E-state index in [1.165, 1.54) is 12.1 Å². The van der Waals surface area contributed by atoms with Gasteiger partial charge in [0, 0.05) is 35.8 Å². The summed E-state index contributed by atoms with van der Waals surface area (Å²) in [6.45, 7) is 3.07. The van der Waals surface area contributed by atoms with Gasteiger partial charge in [0.05, 0.1) is 5.52 Å². The van der Waals surface area contributed by atoms with Gasteiger partial charge in [0.25, 0.3) is 5.91 Å². The van der Waals surface area contributed by atoms with Gasteiger partial charge >= 0.3 is 0 Å². The molecule has 3 heterocycles. The predicted octanol–water partition coefficient (Wildman–Crippen LogP) is 2.48. The van der Waals surface area contributed by atoms with Crippen molar-refractivity contribution in [2.45, 2.75) is 13.5 Å². The number of pyridine rings is 1. The van der Waals surface area contributed by atoms with E-state index in [0.717, 1.165) is 27.6 Å². The van der Waals surface area contributed by atoms with E-state index in [1.807, 2.05) is 17.6 Å². The largest absolute Gasteiger partial charge is 0.384 e. The standard InChI is InChI=1S/C17H15FN4O/c1-9-12-6-11(18)7-13(10-2-3-14(19)21-8-10)16(12)22-5-4-20-17(23)15(9)22/h2-3,6-8H,4-5H2,1H3,(H2,19,21)(H,20,23). The van der Waals surface area contributed by atoms with E-state index in [-0.39, 0.29) is 11.7 Å². The zero-order valence-electron chi connectivity index (χ0n) is 12.6. The summed E-state index contributed by atoms with van der Waals surface area (Å²) in [5.74, 6) is -0.0448. The van der Waals surface area contributed by atoms with Gasteiger partial charge in [-0.1, -0.05) is 0 Å². The van der Waals surface area contributed by atoms with E-state index < -0.39 is 0 Å². The fourth-order valence-corrected chi connectivity index (χ4v) is 3.28. The number of rotatable bonds is 1. The molecule has 0 fully saturated rings. The second-order valence-corrected chi connectivity index (χ2v) is 5.70. The summed E-state index contributed by atoms with van der Waals surface area (Å²) in [5.41, 5.74) is 9.38. The van der Waals surface area contributed by atoms with Crippen LogP contribution in [0.5, 0.6) is 0 Å². The van der Waals surface area contributed by atoms with Crippen LogP contribution in [0.2, 0.25) is 0 Å². The first-order valence-electron chi connectivity index (χ1n) is 7.38. The average Bonchev–Trinajstić information content (AvgIpc) is 2.82. The van der Waals surface area contributed by atoms with Crippen molar-refractivity contribution in [2.75, 3.05) is 12.3 Å². The van der Waals surface area contributed by atoms with Crippen LogP contribution in [0.15, 0.2) is 30.5 Å². The number of nitrogens with one attached hydrogen (secondary N) is 1. The number of anilines is 1. The van der Waals surface area contributed by atoms with Crippen LogP contribution < -0.4 is 11.1 Å². The first-order valence-corrected chi connectivity index (χ1v) is 7.38. The summed E-state index contributed by atoms with van der Waals surface area (Å²) < 4.78 is 16.1. The van der Waals surface area contributed by atoms with E-state index in [4.69, 9.17) is 5.73 Å². The van der Waals surface area contributed by atoms with Crippen molar-refractivity contribution < 1.29 is 9.18 Å². The molecule has 1 aliphatic rings. The van der Waals surface area contributed by atoms with Crippen LogP contribution in [-0.4, -0.2) is 22.0 Å². The summed E-state index contributed by atoms with van der Waals surface area (Å²) in [7, 11) is 0. The Balaban J connectivity index is 2.10. The van der Waals surface area contributed by atoms with Gasteiger partial charge in [-0.15, -0.1) is 0 Å². The Hall–Kier alpha value is -2.89. The van der Waals surface area contributed by atoms with Crippen LogP contribution in [0.4, 0.5) is 10.2 Å². The molecular formula is C17H15FN4O. The number of halogens is 1. The lowest BCUT2D eigenvalue weighted by Gasteiger charge is -2.18. The number of aryl methyl sites for hydroxylation is 1. The van der Waals surface area contributed by atoms with E-state index in [9.17, 15) is 9.18 Å². The quantitative estimate of drug-likeness (QED) is 0.725. The monoisotopic (exact) mass is 310 g/mol. The number of benzene rings is 1. The maximum absolute atomic E-state index is 14.1. The normalized spacial score (nSPS) is 13.9. The number of nitrogens with zero attached hydrogens (tertiary/aromatic N) is 2. The molecule has 6 heteroatoms. The number of fused-ring (bicyclic) bond motifs is 3. The van der Waals surface area contributed by atoms with Gasteiger partial charge < -0.3 is 15.6 Å². The number of hydrogen-bond acceptors (Lipinski definition) is 3. The molecule has 5 nitrogen and oxygen atoms in total. The number of nitrogen functional groups attached to an aromatic ring is 1. The number of amides is 1. The number of carbonyl (C=O) groups is 1. The molecule has 23 heavy (non-hydrogen) atoms. The minimum Gasteiger partial charge on any atom is -0.384 e. The van der Waals surface area contributed by atoms with Crippen LogP contribution in [-0.2, 0) is 6.54 Å². The lowest BCUT2D eigenvalue weighted by atomic mass is 10.0. The van der Waals surface area contributed by atoms with Crippen LogP contribution in [0.3, 0.4) is 0 Å². The minimum atomic E-state index is -0.337. The Morgan fingerprint density at radius 3 is 2.91 bits per heavy atom. The van der Waals surface area contributed by atoms with Gasteiger partial charge in [-0.25, -0.2) is 9.37 Å².